The molecule has 0 aliphatic heterocycles. The van der Waals surface area contributed by atoms with Gasteiger partial charge in [-0.15, -0.1) is 0 Å². The Morgan fingerprint density at radius 2 is 1.89 bits per heavy atom. The molecule has 1 saturated carbocycles. The SMILES string of the molecule is CC(C)(CCC(=O)O)NC(=O)C[C@@H]1CCCC[C@H]1O. The molecule has 0 bridgehead atoms. The number of carboxylic acids is 1. The third-order valence-corrected chi connectivity index (χ3v) is 3.76. The molecule has 1 rings (SSSR count). The second-order valence-corrected chi connectivity index (χ2v) is 6.14. The molecule has 0 saturated heterocycles. The standard InChI is InChI=1S/C14H25NO4/c1-14(2,8-7-13(18)19)15-12(17)9-10-5-3-4-6-11(10)16/h10-11,16H,3-9H2,1-2H3,(H,15,17)(H,18,19)/t10-,11+/m0/s1. The molecule has 0 aromatic rings. The Morgan fingerprint density at radius 1 is 1.26 bits per heavy atom. The maximum absolute atomic E-state index is 11.9. The zero-order chi connectivity index (χ0) is 14.5. The summed E-state index contributed by atoms with van der Waals surface area (Å²) in [6.07, 6.45) is 4.17. The number of rotatable bonds is 6. The molecule has 0 aromatic carbocycles. The average molecular weight is 271 g/mol. The van der Waals surface area contributed by atoms with E-state index in [4.69, 9.17) is 5.11 Å². The van der Waals surface area contributed by atoms with E-state index in [1.807, 2.05) is 13.8 Å². The minimum absolute atomic E-state index is 0.0410. The number of carbonyl (C=O) groups is 2. The molecule has 5 heteroatoms. The molecule has 1 aliphatic rings. The minimum atomic E-state index is -0.856. The molecule has 5 nitrogen and oxygen atoms in total. The third kappa shape index (κ3) is 6.05. The topological polar surface area (TPSA) is 86.6 Å². The van der Waals surface area contributed by atoms with Crippen LogP contribution in [-0.4, -0.2) is 33.7 Å². The fourth-order valence-electron chi connectivity index (χ4n) is 2.57. The van der Waals surface area contributed by atoms with Gasteiger partial charge in [0.25, 0.3) is 0 Å². The van der Waals surface area contributed by atoms with Crippen LogP contribution in [0.2, 0.25) is 0 Å². The van der Waals surface area contributed by atoms with Crippen LogP contribution in [0.25, 0.3) is 0 Å². The van der Waals surface area contributed by atoms with Crippen molar-refractivity contribution in [2.24, 2.45) is 5.92 Å². The normalized spacial score (nSPS) is 23.9. The van der Waals surface area contributed by atoms with Crippen LogP contribution in [0.15, 0.2) is 0 Å². The van der Waals surface area contributed by atoms with Crippen molar-refractivity contribution < 1.29 is 19.8 Å². The summed E-state index contributed by atoms with van der Waals surface area (Å²) in [5, 5.41) is 21.4. The van der Waals surface area contributed by atoms with E-state index in [9.17, 15) is 14.7 Å². The van der Waals surface area contributed by atoms with Crippen molar-refractivity contribution in [3.05, 3.63) is 0 Å². The van der Waals surface area contributed by atoms with Crippen LogP contribution in [-0.2, 0) is 9.59 Å². The van der Waals surface area contributed by atoms with Crippen molar-refractivity contribution in [2.45, 2.75) is 70.4 Å². The van der Waals surface area contributed by atoms with Crippen LogP contribution in [0, 0.1) is 5.92 Å². The lowest BCUT2D eigenvalue weighted by Gasteiger charge is -2.30. The van der Waals surface area contributed by atoms with E-state index < -0.39 is 11.5 Å². The van der Waals surface area contributed by atoms with Crippen molar-refractivity contribution in [1.82, 2.24) is 5.32 Å². The van der Waals surface area contributed by atoms with E-state index >= 15 is 0 Å². The first-order valence-electron chi connectivity index (χ1n) is 7.01. The van der Waals surface area contributed by atoms with E-state index in [2.05, 4.69) is 5.32 Å². The van der Waals surface area contributed by atoms with Gasteiger partial charge in [0.15, 0.2) is 0 Å². The van der Waals surface area contributed by atoms with Crippen molar-refractivity contribution >= 4 is 11.9 Å². The predicted molar refractivity (Wildman–Crippen MR) is 71.7 cm³/mol. The number of nitrogens with one attached hydrogen (secondary N) is 1. The molecular weight excluding hydrogens is 246 g/mol. The van der Waals surface area contributed by atoms with E-state index in [0.717, 1.165) is 25.7 Å². The minimum Gasteiger partial charge on any atom is -0.481 e. The predicted octanol–water partition coefficient (Wildman–Crippen LogP) is 1.69. The van der Waals surface area contributed by atoms with Gasteiger partial charge in [0.2, 0.25) is 5.91 Å². The second-order valence-electron chi connectivity index (χ2n) is 6.14. The van der Waals surface area contributed by atoms with Gasteiger partial charge in [-0.05, 0) is 39.0 Å². The number of carboxylic acid groups (broad SMARTS) is 1. The Balaban J connectivity index is 2.38. The first kappa shape index (κ1) is 16.0. The summed E-state index contributed by atoms with van der Waals surface area (Å²) in [5.74, 6) is -0.907. The van der Waals surface area contributed by atoms with Gasteiger partial charge in [-0.2, -0.15) is 0 Å². The number of aliphatic hydroxyl groups is 1. The van der Waals surface area contributed by atoms with E-state index in [1.54, 1.807) is 0 Å². The van der Waals surface area contributed by atoms with Crippen LogP contribution in [0.3, 0.4) is 0 Å². The molecule has 1 amide bonds. The molecule has 0 spiro atoms. The van der Waals surface area contributed by atoms with Crippen molar-refractivity contribution in [3.63, 3.8) is 0 Å². The van der Waals surface area contributed by atoms with Gasteiger partial charge < -0.3 is 15.5 Å². The maximum Gasteiger partial charge on any atom is 0.303 e. The highest BCUT2D eigenvalue weighted by molar-refractivity contribution is 5.77. The molecule has 1 aliphatic carbocycles. The van der Waals surface area contributed by atoms with Gasteiger partial charge in [0, 0.05) is 18.4 Å². The monoisotopic (exact) mass is 271 g/mol. The summed E-state index contributed by atoms with van der Waals surface area (Å²) in [5.41, 5.74) is -0.519. The highest BCUT2D eigenvalue weighted by Crippen LogP contribution is 2.27. The van der Waals surface area contributed by atoms with Crippen LogP contribution in [0.1, 0.15) is 58.8 Å². The number of carbonyl (C=O) groups excluding carboxylic acids is 1. The number of hydrogen-bond donors (Lipinski definition) is 3. The first-order chi connectivity index (χ1) is 8.80. The Hall–Kier alpha value is -1.10. The molecular formula is C14H25NO4. The molecule has 0 radical (unpaired) electrons. The quantitative estimate of drug-likeness (QED) is 0.686. The Labute approximate surface area is 114 Å². The summed E-state index contributed by atoms with van der Waals surface area (Å²) in [6, 6.07) is 0. The fourth-order valence-corrected chi connectivity index (χ4v) is 2.57. The summed E-state index contributed by atoms with van der Waals surface area (Å²) in [4.78, 5) is 22.5. The number of hydrogen-bond acceptors (Lipinski definition) is 3. The number of aliphatic carboxylic acids is 1. The van der Waals surface area contributed by atoms with Gasteiger partial charge in [-0.3, -0.25) is 9.59 Å². The van der Waals surface area contributed by atoms with Gasteiger partial charge in [-0.1, -0.05) is 12.8 Å². The van der Waals surface area contributed by atoms with Gasteiger partial charge in [0.05, 0.1) is 6.10 Å². The summed E-state index contributed by atoms with van der Waals surface area (Å²) >= 11 is 0. The van der Waals surface area contributed by atoms with Crippen molar-refractivity contribution in [3.8, 4) is 0 Å². The lowest BCUT2D eigenvalue weighted by Crippen LogP contribution is -2.45. The second kappa shape index (κ2) is 6.89. The van der Waals surface area contributed by atoms with Gasteiger partial charge in [-0.25, -0.2) is 0 Å². The number of aliphatic hydroxyl groups excluding tert-OH is 1. The van der Waals surface area contributed by atoms with Gasteiger partial charge in [0.1, 0.15) is 0 Å². The molecule has 0 heterocycles. The zero-order valence-electron chi connectivity index (χ0n) is 11.8. The lowest BCUT2D eigenvalue weighted by atomic mass is 9.84. The average Bonchev–Trinajstić information content (AvgIpc) is 2.29. The maximum atomic E-state index is 11.9. The highest BCUT2D eigenvalue weighted by atomic mass is 16.4. The smallest absolute Gasteiger partial charge is 0.303 e. The zero-order valence-corrected chi connectivity index (χ0v) is 11.8. The van der Waals surface area contributed by atoms with E-state index in [1.165, 1.54) is 0 Å². The largest absolute Gasteiger partial charge is 0.481 e. The third-order valence-electron chi connectivity index (χ3n) is 3.76. The molecule has 1 fully saturated rings. The molecule has 19 heavy (non-hydrogen) atoms. The van der Waals surface area contributed by atoms with Crippen LogP contribution in [0.4, 0.5) is 0 Å². The van der Waals surface area contributed by atoms with E-state index in [0.29, 0.717) is 12.8 Å². The summed E-state index contributed by atoms with van der Waals surface area (Å²) in [6.45, 7) is 3.65. The van der Waals surface area contributed by atoms with Crippen LogP contribution in [0.5, 0.6) is 0 Å². The molecule has 2 atom stereocenters. The molecule has 0 unspecified atom stereocenters. The summed E-state index contributed by atoms with van der Waals surface area (Å²) in [7, 11) is 0. The van der Waals surface area contributed by atoms with Crippen LogP contribution >= 0.6 is 0 Å². The summed E-state index contributed by atoms with van der Waals surface area (Å²) < 4.78 is 0. The Kier molecular flexibility index (Phi) is 5.79. The highest BCUT2D eigenvalue weighted by Gasteiger charge is 2.28. The number of amides is 1. The Bertz CT molecular complexity index is 327. The Morgan fingerprint density at radius 3 is 2.47 bits per heavy atom. The van der Waals surface area contributed by atoms with Crippen molar-refractivity contribution in [2.75, 3.05) is 0 Å². The molecule has 0 aromatic heterocycles. The van der Waals surface area contributed by atoms with Crippen molar-refractivity contribution in [1.29, 1.82) is 0 Å². The van der Waals surface area contributed by atoms with E-state index in [-0.39, 0.29) is 24.3 Å². The lowest BCUT2D eigenvalue weighted by molar-refractivity contribution is -0.138. The molecule has 110 valence electrons. The molecule has 3 N–H and O–H groups in total. The van der Waals surface area contributed by atoms with Crippen LogP contribution < -0.4 is 5.32 Å². The van der Waals surface area contributed by atoms with Gasteiger partial charge >= 0.3 is 5.97 Å². The first-order valence-corrected chi connectivity index (χ1v) is 7.01. The fraction of sp³-hybridized carbons (Fsp3) is 0.857.